The van der Waals surface area contributed by atoms with E-state index in [-0.39, 0.29) is 18.4 Å². The molecule has 1 heterocycles. The quantitative estimate of drug-likeness (QED) is 0.902. The van der Waals surface area contributed by atoms with Crippen molar-refractivity contribution in [1.29, 1.82) is 0 Å². The van der Waals surface area contributed by atoms with E-state index in [4.69, 9.17) is 5.73 Å². The minimum atomic E-state index is -0.307. The Kier molecular flexibility index (Phi) is 3.94. The van der Waals surface area contributed by atoms with Crippen molar-refractivity contribution in [1.82, 2.24) is 10.2 Å². The summed E-state index contributed by atoms with van der Waals surface area (Å²) in [5.74, 6) is -0.465. The van der Waals surface area contributed by atoms with Crippen molar-refractivity contribution >= 4 is 38.9 Å². The fraction of sp³-hybridized carbons (Fsp3) is 0.286. The number of fused-ring (bicyclic) bond motifs is 1. The molecule has 2 amide bonds. The highest BCUT2D eigenvalue weighted by atomic mass is 32.1. The molecule has 3 N–H and O–H groups in total. The number of rotatable bonds is 3. The average molecular weight is 291 g/mol. The molecule has 0 aliphatic rings. The van der Waals surface area contributed by atoms with Gasteiger partial charge in [0.15, 0.2) is 0 Å². The van der Waals surface area contributed by atoms with Gasteiger partial charge in [-0.2, -0.15) is 0 Å². The first-order valence-corrected chi connectivity index (χ1v) is 6.99. The van der Waals surface area contributed by atoms with Crippen molar-refractivity contribution in [3.63, 3.8) is 0 Å². The van der Waals surface area contributed by atoms with Crippen LogP contribution in [0.5, 0.6) is 0 Å². The predicted molar refractivity (Wildman–Crippen MR) is 82.0 cm³/mol. The van der Waals surface area contributed by atoms with E-state index in [0.29, 0.717) is 10.6 Å². The van der Waals surface area contributed by atoms with Crippen molar-refractivity contribution < 1.29 is 9.59 Å². The number of benzene rings is 1. The number of thiophene rings is 1. The van der Waals surface area contributed by atoms with Gasteiger partial charge >= 0.3 is 0 Å². The molecule has 6 heteroatoms. The highest BCUT2D eigenvalue weighted by Gasteiger charge is 2.17. The zero-order valence-corrected chi connectivity index (χ0v) is 12.5. The number of hydrogen-bond donors (Lipinski definition) is 2. The molecule has 0 aliphatic heterocycles. The van der Waals surface area contributed by atoms with Crippen molar-refractivity contribution in [2.24, 2.45) is 0 Å². The van der Waals surface area contributed by atoms with Gasteiger partial charge in [0.05, 0.1) is 12.2 Å². The molecule has 106 valence electrons. The number of aryl methyl sites for hydroxylation is 1. The Balaban J connectivity index is 2.25. The SMILES string of the molecule is Cc1cccc2c(N)c(C(=O)NCC(=O)N(C)C)sc12. The van der Waals surface area contributed by atoms with E-state index >= 15 is 0 Å². The highest BCUT2D eigenvalue weighted by molar-refractivity contribution is 7.21. The average Bonchev–Trinajstić information content (AvgIpc) is 2.75. The lowest BCUT2D eigenvalue weighted by atomic mass is 10.1. The molecule has 0 atom stereocenters. The van der Waals surface area contributed by atoms with E-state index in [1.807, 2.05) is 25.1 Å². The summed E-state index contributed by atoms with van der Waals surface area (Å²) in [5, 5.41) is 3.49. The van der Waals surface area contributed by atoms with Crippen LogP contribution in [0.4, 0.5) is 5.69 Å². The Hall–Kier alpha value is -2.08. The first-order chi connectivity index (χ1) is 9.41. The number of likely N-dealkylation sites (N-methyl/N-ethyl adjacent to an activating group) is 1. The van der Waals surface area contributed by atoms with Crippen LogP contribution in [-0.2, 0) is 4.79 Å². The smallest absolute Gasteiger partial charge is 0.263 e. The molecule has 0 radical (unpaired) electrons. The molecule has 2 aromatic rings. The summed E-state index contributed by atoms with van der Waals surface area (Å²) in [7, 11) is 3.29. The van der Waals surface area contributed by atoms with Gasteiger partial charge in [-0.3, -0.25) is 9.59 Å². The van der Waals surface area contributed by atoms with Crippen molar-refractivity contribution in [3.8, 4) is 0 Å². The fourth-order valence-electron chi connectivity index (χ4n) is 1.84. The normalized spacial score (nSPS) is 10.6. The highest BCUT2D eigenvalue weighted by Crippen LogP contribution is 2.35. The maximum Gasteiger partial charge on any atom is 0.263 e. The van der Waals surface area contributed by atoms with E-state index in [0.717, 1.165) is 15.6 Å². The zero-order valence-electron chi connectivity index (χ0n) is 11.7. The molecule has 1 aromatic carbocycles. The van der Waals surface area contributed by atoms with Gasteiger partial charge in [0.25, 0.3) is 5.91 Å². The van der Waals surface area contributed by atoms with Crippen LogP contribution < -0.4 is 11.1 Å². The Labute approximate surface area is 121 Å². The Morgan fingerprint density at radius 3 is 2.65 bits per heavy atom. The molecule has 0 bridgehead atoms. The van der Waals surface area contributed by atoms with E-state index < -0.39 is 0 Å². The molecule has 5 nitrogen and oxygen atoms in total. The van der Waals surface area contributed by atoms with Crippen molar-refractivity contribution in [2.75, 3.05) is 26.4 Å². The summed E-state index contributed by atoms with van der Waals surface area (Å²) >= 11 is 1.36. The fourth-order valence-corrected chi connectivity index (χ4v) is 2.95. The summed E-state index contributed by atoms with van der Waals surface area (Å²) < 4.78 is 1.01. The van der Waals surface area contributed by atoms with Crippen LogP contribution in [0.15, 0.2) is 18.2 Å². The number of nitrogens with zero attached hydrogens (tertiary/aromatic N) is 1. The molecule has 0 unspecified atom stereocenters. The third-order valence-corrected chi connectivity index (χ3v) is 4.41. The number of nitrogens with two attached hydrogens (primary N) is 1. The molecule has 0 saturated carbocycles. The van der Waals surface area contributed by atoms with Gasteiger partial charge in [-0.25, -0.2) is 0 Å². The topological polar surface area (TPSA) is 75.4 Å². The number of anilines is 1. The molecule has 2 rings (SSSR count). The number of carbonyl (C=O) groups is 2. The van der Waals surface area contributed by atoms with Gasteiger partial charge < -0.3 is 16.0 Å². The van der Waals surface area contributed by atoms with Crippen molar-refractivity contribution in [2.45, 2.75) is 6.92 Å². The number of nitrogens with one attached hydrogen (secondary N) is 1. The number of carbonyl (C=O) groups excluding carboxylic acids is 2. The van der Waals surface area contributed by atoms with Gasteiger partial charge in [0.2, 0.25) is 5.91 Å². The summed E-state index contributed by atoms with van der Waals surface area (Å²) in [6.07, 6.45) is 0. The third kappa shape index (κ3) is 2.60. The molecule has 1 aromatic heterocycles. The molecule has 20 heavy (non-hydrogen) atoms. The molecule has 0 fully saturated rings. The standard InChI is InChI=1S/C14H17N3O2S/c1-8-5-4-6-9-11(15)13(20-12(8)9)14(19)16-7-10(18)17(2)3/h4-6H,7,15H2,1-3H3,(H,16,19). The second kappa shape index (κ2) is 5.50. The van der Waals surface area contributed by atoms with Crippen LogP contribution in [0.3, 0.4) is 0 Å². The number of hydrogen-bond acceptors (Lipinski definition) is 4. The van der Waals surface area contributed by atoms with Gasteiger partial charge in [0.1, 0.15) is 4.88 Å². The van der Waals surface area contributed by atoms with Crippen LogP contribution >= 0.6 is 11.3 Å². The summed E-state index contributed by atoms with van der Waals surface area (Å²) in [4.78, 5) is 25.5. The summed E-state index contributed by atoms with van der Waals surface area (Å²) in [6.45, 7) is 1.95. The molecular formula is C14H17N3O2S. The van der Waals surface area contributed by atoms with Crippen LogP contribution in [-0.4, -0.2) is 37.4 Å². The zero-order chi connectivity index (χ0) is 14.9. The second-order valence-electron chi connectivity index (χ2n) is 4.77. The largest absolute Gasteiger partial charge is 0.397 e. The van der Waals surface area contributed by atoms with E-state index in [1.54, 1.807) is 14.1 Å². The maximum absolute atomic E-state index is 12.1. The van der Waals surface area contributed by atoms with Crippen LogP contribution in [0.25, 0.3) is 10.1 Å². The lowest BCUT2D eigenvalue weighted by molar-refractivity contribution is -0.127. The van der Waals surface area contributed by atoms with Gasteiger partial charge in [-0.1, -0.05) is 18.2 Å². The van der Waals surface area contributed by atoms with Crippen LogP contribution in [0.2, 0.25) is 0 Å². The lowest BCUT2D eigenvalue weighted by Crippen LogP contribution is -2.36. The maximum atomic E-state index is 12.1. The second-order valence-corrected chi connectivity index (χ2v) is 5.79. The number of amides is 2. The Bertz CT molecular complexity index is 676. The van der Waals surface area contributed by atoms with Crippen LogP contribution in [0.1, 0.15) is 15.2 Å². The molecule has 0 aliphatic carbocycles. The summed E-state index contributed by atoms with van der Waals surface area (Å²) in [6, 6.07) is 5.80. The Morgan fingerprint density at radius 2 is 2.05 bits per heavy atom. The molecule has 0 saturated heterocycles. The summed E-state index contributed by atoms with van der Waals surface area (Å²) in [5.41, 5.74) is 7.59. The Morgan fingerprint density at radius 1 is 1.35 bits per heavy atom. The van der Waals surface area contributed by atoms with Crippen molar-refractivity contribution in [3.05, 3.63) is 28.6 Å². The van der Waals surface area contributed by atoms with Gasteiger partial charge in [0, 0.05) is 24.2 Å². The minimum absolute atomic E-state index is 0.0293. The van der Waals surface area contributed by atoms with Gasteiger partial charge in [-0.15, -0.1) is 11.3 Å². The lowest BCUT2D eigenvalue weighted by Gasteiger charge is -2.10. The minimum Gasteiger partial charge on any atom is -0.397 e. The molecule has 0 spiro atoms. The monoisotopic (exact) mass is 291 g/mol. The first-order valence-electron chi connectivity index (χ1n) is 6.17. The third-order valence-electron chi connectivity index (χ3n) is 3.06. The van der Waals surface area contributed by atoms with E-state index in [9.17, 15) is 9.59 Å². The van der Waals surface area contributed by atoms with Crippen LogP contribution in [0, 0.1) is 6.92 Å². The molecular weight excluding hydrogens is 274 g/mol. The van der Waals surface area contributed by atoms with Gasteiger partial charge in [-0.05, 0) is 12.5 Å². The first kappa shape index (κ1) is 14.3. The predicted octanol–water partition coefficient (Wildman–Crippen LogP) is 1.61. The number of nitrogen functional groups attached to an aromatic ring is 1. The van der Waals surface area contributed by atoms with E-state index in [2.05, 4.69) is 5.32 Å². The van der Waals surface area contributed by atoms with E-state index in [1.165, 1.54) is 16.2 Å².